The molecule has 114 valence electrons. The summed E-state index contributed by atoms with van der Waals surface area (Å²) in [7, 11) is 2.15. The number of hydrogen-bond donors (Lipinski definition) is 0. The number of para-hydroxylation sites is 2. The Morgan fingerprint density at radius 2 is 1.70 bits per heavy atom. The van der Waals surface area contributed by atoms with Gasteiger partial charge in [-0.15, -0.1) is 0 Å². The van der Waals surface area contributed by atoms with Gasteiger partial charge >= 0.3 is 0 Å². The van der Waals surface area contributed by atoms with Crippen LogP contribution in [0.15, 0.2) is 77.3 Å². The molecule has 1 aliphatic carbocycles. The third-order valence-electron chi connectivity index (χ3n) is 4.44. The van der Waals surface area contributed by atoms with Gasteiger partial charge in [-0.25, -0.2) is 9.13 Å². The minimum atomic E-state index is 0.451. The van der Waals surface area contributed by atoms with Gasteiger partial charge in [-0.2, -0.15) is 0 Å². The number of nitrogens with zero attached hydrogens (tertiary/aromatic N) is 2. The van der Waals surface area contributed by atoms with Crippen molar-refractivity contribution in [2.24, 2.45) is 13.0 Å². The minimum absolute atomic E-state index is 0.451. The molecule has 4 rings (SSSR count). The van der Waals surface area contributed by atoms with Gasteiger partial charge in [0.25, 0.3) is 5.82 Å². The van der Waals surface area contributed by atoms with Gasteiger partial charge in [-0.3, -0.25) is 0 Å². The predicted molar refractivity (Wildman–Crippen MR) is 98.0 cm³/mol. The van der Waals surface area contributed by atoms with Crippen LogP contribution in [0.5, 0.6) is 0 Å². The number of aryl methyl sites for hydroxylation is 1. The monoisotopic (exact) mass is 365 g/mol. The first-order valence-electron chi connectivity index (χ1n) is 7.83. The number of fused-ring (bicyclic) bond motifs is 1. The highest BCUT2D eigenvalue weighted by atomic mass is 79.9. The van der Waals surface area contributed by atoms with Crippen molar-refractivity contribution in [2.45, 2.75) is 6.54 Å². The van der Waals surface area contributed by atoms with Crippen molar-refractivity contribution in [1.82, 2.24) is 4.57 Å². The molecule has 0 unspecified atom stereocenters. The molecule has 3 heteroatoms. The van der Waals surface area contributed by atoms with Gasteiger partial charge in [0.05, 0.1) is 12.6 Å². The number of halogens is 1. The largest absolute Gasteiger partial charge is 0.290 e. The molecule has 23 heavy (non-hydrogen) atoms. The van der Waals surface area contributed by atoms with Gasteiger partial charge in [0.15, 0.2) is 11.0 Å². The molecular weight excluding hydrogens is 348 g/mol. The van der Waals surface area contributed by atoms with Gasteiger partial charge in [0.1, 0.15) is 6.54 Å². The van der Waals surface area contributed by atoms with Crippen LogP contribution in [0.2, 0.25) is 0 Å². The lowest BCUT2D eigenvalue weighted by molar-refractivity contribution is -0.634. The second-order valence-corrected chi connectivity index (χ2v) is 6.75. The van der Waals surface area contributed by atoms with Crippen LogP contribution in [-0.4, -0.2) is 4.57 Å². The zero-order valence-electron chi connectivity index (χ0n) is 13.0. The van der Waals surface area contributed by atoms with Crippen LogP contribution < -0.4 is 4.57 Å². The van der Waals surface area contributed by atoms with Crippen molar-refractivity contribution in [3.05, 3.63) is 77.3 Å². The fraction of sp³-hybridized carbons (Fsp3) is 0.150. The fourth-order valence-electron chi connectivity index (χ4n) is 3.35. The first-order valence-corrected chi connectivity index (χ1v) is 8.62. The molecule has 2 aromatic carbocycles. The van der Waals surface area contributed by atoms with E-state index in [4.69, 9.17) is 0 Å². The average Bonchev–Trinajstić information content (AvgIpc) is 3.17. The van der Waals surface area contributed by atoms with Gasteiger partial charge < -0.3 is 0 Å². The van der Waals surface area contributed by atoms with E-state index in [-0.39, 0.29) is 0 Å². The SMILES string of the molecule is C[n+]1c(-c2ccccc2Br)n(CC2C=CC=C2)c2ccccc21. The number of rotatable bonds is 3. The Hall–Kier alpha value is -2.13. The Bertz CT molecular complexity index is 922. The molecule has 1 aromatic heterocycles. The van der Waals surface area contributed by atoms with Crippen molar-refractivity contribution in [1.29, 1.82) is 0 Å². The molecule has 0 spiro atoms. The van der Waals surface area contributed by atoms with Crippen molar-refractivity contribution < 1.29 is 4.57 Å². The summed E-state index contributed by atoms with van der Waals surface area (Å²) in [5, 5.41) is 0. The van der Waals surface area contributed by atoms with E-state index >= 15 is 0 Å². The predicted octanol–water partition coefficient (Wildman–Crippen LogP) is 4.64. The average molecular weight is 366 g/mol. The highest BCUT2D eigenvalue weighted by Gasteiger charge is 2.26. The molecule has 1 heterocycles. The molecule has 2 nitrogen and oxygen atoms in total. The second kappa shape index (κ2) is 5.82. The maximum atomic E-state index is 3.72. The molecule has 0 radical (unpaired) electrons. The van der Waals surface area contributed by atoms with Crippen LogP contribution in [0.25, 0.3) is 22.4 Å². The molecule has 1 aliphatic rings. The van der Waals surface area contributed by atoms with Crippen LogP contribution in [0.1, 0.15) is 0 Å². The molecule has 0 saturated heterocycles. The third kappa shape index (κ3) is 2.45. The number of allylic oxidation sites excluding steroid dienone is 4. The van der Waals surface area contributed by atoms with Crippen LogP contribution >= 0.6 is 15.9 Å². The maximum Gasteiger partial charge on any atom is 0.290 e. The molecule has 0 fully saturated rings. The summed E-state index contributed by atoms with van der Waals surface area (Å²) in [6.07, 6.45) is 8.79. The van der Waals surface area contributed by atoms with E-state index < -0.39 is 0 Å². The highest BCUT2D eigenvalue weighted by molar-refractivity contribution is 9.10. The van der Waals surface area contributed by atoms with E-state index in [0.29, 0.717) is 5.92 Å². The lowest BCUT2D eigenvalue weighted by Crippen LogP contribution is -2.30. The van der Waals surface area contributed by atoms with Gasteiger partial charge in [-0.1, -0.05) is 48.6 Å². The Kier molecular flexibility index (Phi) is 3.66. The van der Waals surface area contributed by atoms with E-state index in [1.807, 2.05) is 0 Å². The summed E-state index contributed by atoms with van der Waals surface area (Å²) in [5.74, 6) is 1.68. The van der Waals surface area contributed by atoms with Crippen LogP contribution in [-0.2, 0) is 13.6 Å². The molecule has 0 amide bonds. The van der Waals surface area contributed by atoms with Crippen molar-refractivity contribution in [3.63, 3.8) is 0 Å². The second-order valence-electron chi connectivity index (χ2n) is 5.90. The lowest BCUT2D eigenvalue weighted by Gasteiger charge is -2.08. The Balaban J connectivity index is 1.98. The topological polar surface area (TPSA) is 8.81 Å². The molecule has 0 atom stereocenters. The third-order valence-corrected chi connectivity index (χ3v) is 5.13. The van der Waals surface area contributed by atoms with Gasteiger partial charge in [0.2, 0.25) is 0 Å². The van der Waals surface area contributed by atoms with Crippen LogP contribution in [0.4, 0.5) is 0 Å². The number of aromatic nitrogens is 2. The minimum Gasteiger partial charge on any atom is -0.226 e. The number of benzene rings is 2. The van der Waals surface area contributed by atoms with E-state index in [0.717, 1.165) is 11.0 Å². The van der Waals surface area contributed by atoms with Gasteiger partial charge in [0, 0.05) is 10.4 Å². The van der Waals surface area contributed by atoms with Crippen LogP contribution in [0.3, 0.4) is 0 Å². The zero-order chi connectivity index (χ0) is 15.8. The van der Waals surface area contributed by atoms with Crippen molar-refractivity contribution >= 4 is 27.0 Å². The summed E-state index contributed by atoms with van der Waals surface area (Å²) in [4.78, 5) is 0. The van der Waals surface area contributed by atoms with E-state index in [9.17, 15) is 0 Å². The molecule has 0 N–H and O–H groups in total. The summed E-state index contributed by atoms with van der Waals surface area (Å²) in [5.41, 5.74) is 3.75. The summed E-state index contributed by atoms with van der Waals surface area (Å²) in [6.45, 7) is 0.949. The van der Waals surface area contributed by atoms with Crippen molar-refractivity contribution in [3.8, 4) is 11.4 Å². The molecule has 0 aliphatic heterocycles. The van der Waals surface area contributed by atoms with E-state index in [1.54, 1.807) is 0 Å². The number of hydrogen-bond acceptors (Lipinski definition) is 0. The normalized spacial score (nSPS) is 14.2. The molecular formula is C20H18BrN2+. The fourth-order valence-corrected chi connectivity index (χ4v) is 3.81. The zero-order valence-corrected chi connectivity index (χ0v) is 14.6. The van der Waals surface area contributed by atoms with E-state index in [1.165, 1.54) is 22.4 Å². The number of imidazole rings is 1. The molecule has 3 aromatic rings. The highest BCUT2D eigenvalue weighted by Crippen LogP contribution is 2.30. The van der Waals surface area contributed by atoms with Crippen LogP contribution in [0, 0.1) is 5.92 Å². The first-order chi connectivity index (χ1) is 11.3. The van der Waals surface area contributed by atoms with E-state index in [2.05, 4.69) is 105 Å². The smallest absolute Gasteiger partial charge is 0.226 e. The lowest BCUT2D eigenvalue weighted by atomic mass is 10.1. The maximum absolute atomic E-state index is 3.72. The Morgan fingerprint density at radius 3 is 2.48 bits per heavy atom. The summed E-state index contributed by atoms with van der Waals surface area (Å²) < 4.78 is 5.84. The standard InChI is InChI=1S/C20H18BrN2/c1-22-18-12-6-7-13-19(18)23(14-15-8-2-3-9-15)20(22)16-10-4-5-11-17(16)21/h2-13,15H,14H2,1H3/q+1. The molecule has 0 bridgehead atoms. The quantitative estimate of drug-likeness (QED) is 0.598. The summed E-state index contributed by atoms with van der Waals surface area (Å²) in [6, 6.07) is 17.0. The summed E-state index contributed by atoms with van der Waals surface area (Å²) >= 11 is 3.72. The van der Waals surface area contributed by atoms with Gasteiger partial charge in [-0.05, 0) is 40.2 Å². The van der Waals surface area contributed by atoms with Crippen molar-refractivity contribution in [2.75, 3.05) is 0 Å². The first kappa shape index (κ1) is 14.5. The Labute approximate surface area is 144 Å². The molecule has 0 saturated carbocycles. The Morgan fingerprint density at radius 1 is 1.00 bits per heavy atom.